The molecule has 0 spiro atoms. The van der Waals surface area contributed by atoms with Crippen LogP contribution in [0, 0.1) is 0 Å². The zero-order valence-corrected chi connectivity index (χ0v) is 15.3. The molecule has 2 unspecified atom stereocenters. The van der Waals surface area contributed by atoms with E-state index in [1.54, 1.807) is 26.5 Å². The Hall–Kier alpha value is -2.99. The molecule has 0 saturated carbocycles. The molecule has 2 atom stereocenters. The monoisotopic (exact) mass is 363 g/mol. The van der Waals surface area contributed by atoms with Gasteiger partial charge in [0, 0.05) is 12.3 Å². The Bertz CT molecular complexity index is 989. The van der Waals surface area contributed by atoms with Crippen molar-refractivity contribution in [3.05, 3.63) is 60.0 Å². The minimum atomic E-state index is -0.301. The van der Waals surface area contributed by atoms with Crippen LogP contribution in [0.25, 0.3) is 10.8 Å². The minimum Gasteiger partial charge on any atom is -0.496 e. The molecule has 0 radical (unpaired) electrons. The highest BCUT2D eigenvalue weighted by atomic mass is 16.5. The molecule has 2 heterocycles. The van der Waals surface area contributed by atoms with Crippen molar-refractivity contribution in [1.82, 2.24) is 15.3 Å². The maximum atomic E-state index is 13.3. The van der Waals surface area contributed by atoms with Gasteiger partial charge in [0.05, 0.1) is 31.9 Å². The van der Waals surface area contributed by atoms with Crippen molar-refractivity contribution < 1.29 is 14.3 Å². The molecule has 138 valence electrons. The van der Waals surface area contributed by atoms with Gasteiger partial charge in [-0.2, -0.15) is 4.98 Å². The Morgan fingerprint density at radius 2 is 1.93 bits per heavy atom. The van der Waals surface area contributed by atoms with E-state index >= 15 is 0 Å². The third kappa shape index (κ3) is 3.24. The fourth-order valence-corrected chi connectivity index (χ4v) is 3.64. The Balaban J connectivity index is 1.63. The van der Waals surface area contributed by atoms with Gasteiger partial charge in [0.1, 0.15) is 11.6 Å². The first-order chi connectivity index (χ1) is 13.2. The molecule has 4 rings (SSSR count). The third-order valence-electron chi connectivity index (χ3n) is 4.99. The van der Waals surface area contributed by atoms with Crippen LogP contribution in [0.2, 0.25) is 0 Å². The molecule has 1 aliphatic heterocycles. The quantitative estimate of drug-likeness (QED) is 0.701. The van der Waals surface area contributed by atoms with Crippen molar-refractivity contribution in [2.45, 2.75) is 24.9 Å². The van der Waals surface area contributed by atoms with Crippen molar-refractivity contribution >= 4 is 16.6 Å². The minimum absolute atomic E-state index is 0.0362. The number of hydrogen-bond acceptors (Lipinski definition) is 6. The number of ketones is 1. The van der Waals surface area contributed by atoms with E-state index in [2.05, 4.69) is 15.3 Å². The Morgan fingerprint density at radius 1 is 1.07 bits per heavy atom. The Kier molecular flexibility index (Phi) is 4.73. The molecular weight excluding hydrogens is 342 g/mol. The summed E-state index contributed by atoms with van der Waals surface area (Å²) >= 11 is 0. The molecule has 1 aliphatic rings. The van der Waals surface area contributed by atoms with Crippen molar-refractivity contribution in [2.24, 2.45) is 0 Å². The van der Waals surface area contributed by atoms with Gasteiger partial charge in [-0.05, 0) is 29.7 Å². The van der Waals surface area contributed by atoms with E-state index in [1.807, 2.05) is 36.4 Å². The number of carbonyl (C=O) groups excluding carboxylic acids is 1. The summed E-state index contributed by atoms with van der Waals surface area (Å²) in [6.45, 7) is 0. The smallest absolute Gasteiger partial charge is 0.216 e. The van der Waals surface area contributed by atoms with Crippen molar-refractivity contribution in [3.8, 4) is 11.6 Å². The number of benzene rings is 2. The van der Waals surface area contributed by atoms with Crippen LogP contribution in [0.15, 0.2) is 48.7 Å². The first-order valence-corrected chi connectivity index (χ1v) is 8.94. The number of nitrogens with one attached hydrogen (secondary N) is 1. The van der Waals surface area contributed by atoms with Gasteiger partial charge in [0.15, 0.2) is 5.78 Å². The van der Waals surface area contributed by atoms with Gasteiger partial charge in [-0.3, -0.25) is 10.1 Å². The lowest BCUT2D eigenvalue weighted by Crippen LogP contribution is -2.33. The molecule has 2 aromatic carbocycles. The van der Waals surface area contributed by atoms with E-state index in [-0.39, 0.29) is 17.9 Å². The van der Waals surface area contributed by atoms with E-state index in [0.717, 1.165) is 23.6 Å². The largest absolute Gasteiger partial charge is 0.496 e. The molecule has 1 saturated heterocycles. The fourth-order valence-electron chi connectivity index (χ4n) is 3.64. The molecule has 0 amide bonds. The predicted octanol–water partition coefficient (Wildman–Crippen LogP) is 3.32. The molecule has 6 heteroatoms. The fraction of sp³-hybridized carbons (Fsp3) is 0.286. The van der Waals surface area contributed by atoms with Gasteiger partial charge in [-0.1, -0.05) is 30.3 Å². The lowest BCUT2D eigenvalue weighted by atomic mass is 9.96. The van der Waals surface area contributed by atoms with Crippen molar-refractivity contribution in [3.63, 3.8) is 0 Å². The SMILES string of the molecule is COc1ccnc(C2CCC(C(=O)c3c(OC)ccc4ccccc34)N2)n1. The maximum Gasteiger partial charge on any atom is 0.216 e. The third-order valence-corrected chi connectivity index (χ3v) is 4.99. The van der Waals surface area contributed by atoms with Gasteiger partial charge in [-0.15, -0.1) is 0 Å². The highest BCUT2D eigenvalue weighted by molar-refractivity contribution is 6.12. The summed E-state index contributed by atoms with van der Waals surface area (Å²) < 4.78 is 10.7. The Labute approximate surface area is 157 Å². The van der Waals surface area contributed by atoms with Crippen LogP contribution in [0.5, 0.6) is 11.6 Å². The summed E-state index contributed by atoms with van der Waals surface area (Å²) in [6, 6.07) is 13.0. The molecule has 0 aliphatic carbocycles. The number of ether oxygens (including phenoxy) is 2. The number of hydrogen-bond donors (Lipinski definition) is 1. The number of methoxy groups -OCH3 is 2. The topological polar surface area (TPSA) is 73.3 Å². The van der Waals surface area contributed by atoms with Crippen molar-refractivity contribution in [1.29, 1.82) is 0 Å². The number of aromatic nitrogens is 2. The van der Waals surface area contributed by atoms with Gasteiger partial charge in [0.25, 0.3) is 0 Å². The van der Waals surface area contributed by atoms with Gasteiger partial charge in [-0.25, -0.2) is 4.98 Å². The predicted molar refractivity (Wildman–Crippen MR) is 102 cm³/mol. The molecule has 1 fully saturated rings. The molecule has 3 aromatic rings. The standard InChI is InChI=1S/C21H21N3O3/c1-26-17-10-7-13-5-3-4-6-14(13)19(17)20(25)15-8-9-16(23-15)21-22-12-11-18(24-21)27-2/h3-7,10-12,15-16,23H,8-9H2,1-2H3. The average molecular weight is 363 g/mol. The van der Waals surface area contributed by atoms with Crippen LogP contribution in [0.1, 0.15) is 35.1 Å². The van der Waals surface area contributed by atoms with Gasteiger partial charge in [0.2, 0.25) is 5.88 Å². The van der Waals surface area contributed by atoms with Crippen LogP contribution >= 0.6 is 0 Å². The van der Waals surface area contributed by atoms with E-state index in [0.29, 0.717) is 23.0 Å². The number of nitrogens with zero attached hydrogens (tertiary/aromatic N) is 2. The number of fused-ring (bicyclic) bond motifs is 1. The average Bonchev–Trinajstić information content (AvgIpc) is 3.22. The van der Waals surface area contributed by atoms with Crippen LogP contribution < -0.4 is 14.8 Å². The summed E-state index contributed by atoms with van der Waals surface area (Å²) in [5.41, 5.74) is 0.625. The maximum absolute atomic E-state index is 13.3. The van der Waals surface area contributed by atoms with Crippen LogP contribution in [0.3, 0.4) is 0 Å². The molecule has 6 nitrogen and oxygen atoms in total. The summed E-state index contributed by atoms with van der Waals surface area (Å²) in [5, 5.41) is 5.31. The first kappa shape index (κ1) is 17.4. The molecule has 0 bridgehead atoms. The number of carbonyl (C=O) groups is 1. The summed E-state index contributed by atoms with van der Waals surface area (Å²) in [6.07, 6.45) is 3.18. The summed E-state index contributed by atoms with van der Waals surface area (Å²) in [7, 11) is 3.17. The van der Waals surface area contributed by atoms with Gasteiger partial charge >= 0.3 is 0 Å². The second-order valence-electron chi connectivity index (χ2n) is 6.53. The molecule has 1 aromatic heterocycles. The van der Waals surface area contributed by atoms with E-state index in [4.69, 9.17) is 9.47 Å². The zero-order valence-electron chi connectivity index (χ0n) is 15.3. The number of Topliss-reactive ketones (excluding diaryl/α,β-unsaturated/α-hetero) is 1. The van der Waals surface area contributed by atoms with E-state index in [1.165, 1.54) is 0 Å². The van der Waals surface area contributed by atoms with Crippen LogP contribution in [-0.2, 0) is 0 Å². The second-order valence-corrected chi connectivity index (χ2v) is 6.53. The molecular formula is C21H21N3O3. The van der Waals surface area contributed by atoms with E-state index < -0.39 is 0 Å². The zero-order chi connectivity index (χ0) is 18.8. The number of rotatable bonds is 5. The van der Waals surface area contributed by atoms with Gasteiger partial charge < -0.3 is 9.47 Å². The first-order valence-electron chi connectivity index (χ1n) is 8.94. The lowest BCUT2D eigenvalue weighted by Gasteiger charge is -2.16. The normalized spacial score (nSPS) is 19.2. The van der Waals surface area contributed by atoms with Crippen molar-refractivity contribution in [2.75, 3.05) is 14.2 Å². The van der Waals surface area contributed by atoms with E-state index in [9.17, 15) is 4.79 Å². The summed E-state index contributed by atoms with van der Waals surface area (Å²) in [4.78, 5) is 22.1. The molecule has 27 heavy (non-hydrogen) atoms. The Morgan fingerprint density at radius 3 is 2.74 bits per heavy atom. The highest BCUT2D eigenvalue weighted by Gasteiger charge is 2.34. The van der Waals surface area contributed by atoms with Crippen LogP contribution in [0.4, 0.5) is 0 Å². The highest BCUT2D eigenvalue weighted by Crippen LogP contribution is 2.33. The summed E-state index contributed by atoms with van der Waals surface area (Å²) in [5.74, 6) is 1.80. The molecule has 1 N–H and O–H groups in total. The second kappa shape index (κ2) is 7.32. The van der Waals surface area contributed by atoms with Crippen LogP contribution in [-0.4, -0.2) is 36.0 Å². The lowest BCUT2D eigenvalue weighted by molar-refractivity contribution is 0.0948.